The van der Waals surface area contributed by atoms with Crippen LogP contribution in [0.4, 0.5) is 17.8 Å². The molecule has 0 N–H and O–H groups in total. The van der Waals surface area contributed by atoms with Gasteiger partial charge in [0.25, 0.3) is 17.8 Å². The van der Waals surface area contributed by atoms with E-state index in [1.807, 2.05) is 6.92 Å². The van der Waals surface area contributed by atoms with Gasteiger partial charge in [-0.2, -0.15) is 15.0 Å². The molecule has 22 heavy (non-hydrogen) atoms. The van der Waals surface area contributed by atoms with E-state index in [-0.39, 0.29) is 17.8 Å². The number of anilines is 3. The first-order chi connectivity index (χ1) is 10.6. The van der Waals surface area contributed by atoms with Gasteiger partial charge < -0.3 is 0 Å². The van der Waals surface area contributed by atoms with Crippen LogP contribution in [-0.4, -0.2) is 57.0 Å². The fourth-order valence-corrected chi connectivity index (χ4v) is 1.57. The van der Waals surface area contributed by atoms with Gasteiger partial charge in [0.1, 0.15) is 0 Å². The van der Waals surface area contributed by atoms with Gasteiger partial charge in [-0.3, -0.25) is 4.84 Å². The molecular formula is C11H22N6O5. The van der Waals surface area contributed by atoms with Crippen LogP contribution in [0.1, 0.15) is 13.3 Å². The van der Waals surface area contributed by atoms with Gasteiger partial charge in [-0.05, 0) is 6.42 Å². The van der Waals surface area contributed by atoms with Crippen molar-refractivity contribution in [2.24, 2.45) is 0 Å². The molecule has 1 aromatic rings. The van der Waals surface area contributed by atoms with E-state index in [0.29, 0.717) is 6.54 Å². The van der Waals surface area contributed by atoms with Crippen molar-refractivity contribution < 1.29 is 24.2 Å². The Balaban J connectivity index is 3.30. The predicted octanol–water partition coefficient (Wildman–Crippen LogP) is 0.508. The summed E-state index contributed by atoms with van der Waals surface area (Å²) >= 11 is 0. The third-order valence-electron chi connectivity index (χ3n) is 2.46. The third-order valence-corrected chi connectivity index (χ3v) is 2.46. The summed E-state index contributed by atoms with van der Waals surface area (Å²) in [5.74, 6) is 0.451. The molecule has 1 aromatic heterocycles. The molecule has 0 fully saturated rings. The van der Waals surface area contributed by atoms with E-state index in [4.69, 9.17) is 24.2 Å². The van der Waals surface area contributed by atoms with Crippen LogP contribution in [0.5, 0.6) is 0 Å². The van der Waals surface area contributed by atoms with E-state index in [2.05, 4.69) is 15.0 Å². The summed E-state index contributed by atoms with van der Waals surface area (Å²) in [6.07, 6.45) is 0.834. The molecule has 11 heteroatoms. The van der Waals surface area contributed by atoms with Crippen LogP contribution in [0.25, 0.3) is 0 Å². The van der Waals surface area contributed by atoms with Crippen molar-refractivity contribution in [3.63, 3.8) is 0 Å². The van der Waals surface area contributed by atoms with Crippen molar-refractivity contribution in [3.05, 3.63) is 0 Å². The Morgan fingerprint density at radius 3 is 1.41 bits per heavy atom. The maximum absolute atomic E-state index is 5.26. The van der Waals surface area contributed by atoms with Crippen molar-refractivity contribution in [3.8, 4) is 0 Å². The molecule has 0 radical (unpaired) electrons. The van der Waals surface area contributed by atoms with Crippen molar-refractivity contribution in [2.45, 2.75) is 13.3 Å². The molecule has 0 aliphatic heterocycles. The first kappa shape index (κ1) is 18.3. The number of rotatable bonds is 10. The number of hydrogen-bond acceptors (Lipinski definition) is 11. The second-order valence-electron chi connectivity index (χ2n) is 3.76. The largest absolute Gasteiger partial charge is 0.284 e. The van der Waals surface area contributed by atoms with Gasteiger partial charge in [-0.1, -0.05) is 17.4 Å². The van der Waals surface area contributed by atoms with E-state index in [1.165, 1.54) is 40.6 Å². The van der Waals surface area contributed by atoms with E-state index < -0.39 is 0 Å². The Hall–Kier alpha value is -1.79. The van der Waals surface area contributed by atoms with Crippen LogP contribution in [0.2, 0.25) is 0 Å². The number of aromatic nitrogens is 3. The molecule has 126 valence electrons. The highest BCUT2D eigenvalue weighted by Gasteiger charge is 2.21. The molecule has 0 bridgehead atoms. The molecule has 1 heterocycles. The van der Waals surface area contributed by atoms with Crippen LogP contribution < -0.4 is 15.5 Å². The Kier molecular flexibility index (Phi) is 7.70. The molecule has 0 atom stereocenters. The molecule has 0 unspecified atom stereocenters. The van der Waals surface area contributed by atoms with Crippen LogP contribution in [0.3, 0.4) is 0 Å². The van der Waals surface area contributed by atoms with Gasteiger partial charge in [0, 0.05) is 6.54 Å². The maximum Gasteiger partial charge on any atom is 0.284 e. The SMILES string of the molecule is CCCN(OC)c1nc(N(OC)OC)nc(N(OC)OC)n1. The van der Waals surface area contributed by atoms with Gasteiger partial charge in [-0.25, -0.2) is 24.4 Å². The smallest absolute Gasteiger partial charge is 0.274 e. The van der Waals surface area contributed by atoms with Gasteiger partial charge in [0.15, 0.2) is 0 Å². The Morgan fingerprint density at radius 2 is 1.09 bits per heavy atom. The van der Waals surface area contributed by atoms with Crippen LogP contribution in [0, 0.1) is 0 Å². The Morgan fingerprint density at radius 1 is 0.682 bits per heavy atom. The molecule has 0 aliphatic carbocycles. The first-order valence-corrected chi connectivity index (χ1v) is 6.49. The van der Waals surface area contributed by atoms with Crippen molar-refractivity contribution in [1.29, 1.82) is 0 Å². The Labute approximate surface area is 129 Å². The van der Waals surface area contributed by atoms with Crippen molar-refractivity contribution >= 4 is 17.8 Å². The monoisotopic (exact) mass is 318 g/mol. The topological polar surface area (TPSA) is 94.5 Å². The zero-order valence-corrected chi connectivity index (χ0v) is 13.6. The lowest BCUT2D eigenvalue weighted by Crippen LogP contribution is -2.30. The normalized spacial score (nSPS) is 10.6. The number of hydroxylamine groups is 1. The second kappa shape index (κ2) is 9.27. The highest BCUT2D eigenvalue weighted by molar-refractivity contribution is 5.41. The molecule has 0 spiro atoms. The van der Waals surface area contributed by atoms with Crippen LogP contribution >= 0.6 is 0 Å². The first-order valence-electron chi connectivity index (χ1n) is 6.49. The summed E-state index contributed by atoms with van der Waals surface area (Å²) in [7, 11) is 7.18. The molecule has 0 saturated carbocycles. The van der Waals surface area contributed by atoms with Crippen LogP contribution in [0.15, 0.2) is 0 Å². The fourth-order valence-electron chi connectivity index (χ4n) is 1.57. The van der Waals surface area contributed by atoms with Crippen molar-refractivity contribution in [2.75, 3.05) is 57.6 Å². The highest BCUT2D eigenvalue weighted by Crippen LogP contribution is 2.19. The maximum atomic E-state index is 5.26. The quantitative estimate of drug-likeness (QED) is 0.564. The van der Waals surface area contributed by atoms with Gasteiger partial charge in [0.05, 0.1) is 35.5 Å². The standard InChI is InChI=1S/C11H22N6O5/c1-7-8-15(18-2)9-12-10(16(19-3)20-4)14-11(13-9)17(21-5)22-6/h7-8H2,1-6H3. The summed E-state index contributed by atoms with van der Waals surface area (Å²) in [5.41, 5.74) is 0. The highest BCUT2D eigenvalue weighted by atomic mass is 16.9. The van der Waals surface area contributed by atoms with Crippen molar-refractivity contribution in [1.82, 2.24) is 15.0 Å². The lowest BCUT2D eigenvalue weighted by atomic mass is 10.5. The number of hydrogen-bond donors (Lipinski definition) is 0. The summed E-state index contributed by atoms with van der Waals surface area (Å²) < 4.78 is 0. The van der Waals surface area contributed by atoms with Gasteiger partial charge in [0.2, 0.25) is 0 Å². The molecular weight excluding hydrogens is 296 g/mol. The molecule has 0 amide bonds. The number of nitrogens with zero attached hydrogens (tertiary/aromatic N) is 6. The summed E-state index contributed by atoms with van der Waals surface area (Å²) in [6.45, 7) is 2.58. The minimum Gasteiger partial charge on any atom is -0.274 e. The predicted molar refractivity (Wildman–Crippen MR) is 77.5 cm³/mol. The molecule has 0 saturated heterocycles. The zero-order valence-electron chi connectivity index (χ0n) is 13.6. The molecule has 11 nitrogen and oxygen atoms in total. The van der Waals surface area contributed by atoms with E-state index in [1.54, 1.807) is 0 Å². The minimum atomic E-state index is 0.0993. The molecule has 0 aliphatic rings. The third kappa shape index (κ3) is 4.35. The summed E-state index contributed by atoms with van der Waals surface area (Å²) in [5, 5.41) is 3.53. The van der Waals surface area contributed by atoms with E-state index in [9.17, 15) is 0 Å². The molecule has 1 rings (SSSR count). The van der Waals surface area contributed by atoms with Gasteiger partial charge >= 0.3 is 0 Å². The summed E-state index contributed by atoms with van der Waals surface area (Å²) in [4.78, 5) is 37.9. The van der Waals surface area contributed by atoms with Gasteiger partial charge in [-0.15, -0.1) is 0 Å². The summed E-state index contributed by atoms with van der Waals surface area (Å²) in [6, 6.07) is 0. The lowest BCUT2D eigenvalue weighted by Gasteiger charge is -2.23. The average Bonchev–Trinajstić information content (AvgIpc) is 2.55. The zero-order chi connectivity index (χ0) is 16.5. The van der Waals surface area contributed by atoms with E-state index >= 15 is 0 Å². The minimum absolute atomic E-state index is 0.0993. The molecule has 0 aromatic carbocycles. The lowest BCUT2D eigenvalue weighted by molar-refractivity contribution is -0.0526. The fraction of sp³-hybridized carbons (Fsp3) is 0.727. The Bertz CT molecular complexity index is 413. The second-order valence-corrected chi connectivity index (χ2v) is 3.76. The van der Waals surface area contributed by atoms with Crippen LogP contribution in [-0.2, 0) is 24.2 Å². The van der Waals surface area contributed by atoms with E-state index in [0.717, 1.165) is 16.9 Å². The average molecular weight is 318 g/mol.